The molecule has 49 heavy (non-hydrogen) atoms. The van der Waals surface area contributed by atoms with Crippen molar-refractivity contribution in [1.82, 2.24) is 4.90 Å². The van der Waals surface area contributed by atoms with E-state index in [4.69, 9.17) is 14.2 Å². The average molecular weight is 663 g/mol. The quantitative estimate of drug-likeness (QED) is 0.228. The number of fused-ring (bicyclic) bond motifs is 1. The number of carbonyl (C=O) groups excluding carboxylic acids is 4. The minimum absolute atomic E-state index is 0.0472. The highest BCUT2D eigenvalue weighted by Crippen LogP contribution is 2.35. The molecule has 1 saturated heterocycles. The Balaban J connectivity index is 1.39. The van der Waals surface area contributed by atoms with Crippen molar-refractivity contribution in [2.24, 2.45) is 0 Å². The second kappa shape index (κ2) is 14.6. The van der Waals surface area contributed by atoms with Crippen molar-refractivity contribution in [3.63, 3.8) is 0 Å². The monoisotopic (exact) mass is 662 g/mol. The Labute approximate surface area is 285 Å². The van der Waals surface area contributed by atoms with E-state index >= 15 is 0 Å². The van der Waals surface area contributed by atoms with Gasteiger partial charge < -0.3 is 29.3 Å². The summed E-state index contributed by atoms with van der Waals surface area (Å²) in [5.41, 5.74) is 4.35. The number of morpholine rings is 1. The molecule has 2 heterocycles. The number of methoxy groups -OCH3 is 2. The highest BCUT2D eigenvalue weighted by Gasteiger charge is 2.39. The Morgan fingerprint density at radius 1 is 0.878 bits per heavy atom. The molecule has 1 atom stereocenters. The van der Waals surface area contributed by atoms with Gasteiger partial charge in [-0.15, -0.1) is 0 Å². The molecule has 0 radical (unpaired) electrons. The summed E-state index contributed by atoms with van der Waals surface area (Å²) in [6, 6.07) is 25.6. The van der Waals surface area contributed by atoms with Crippen LogP contribution < -0.4 is 24.6 Å². The Hall–Kier alpha value is -5.68. The number of amides is 3. The first-order valence-corrected chi connectivity index (χ1v) is 16.0. The van der Waals surface area contributed by atoms with E-state index in [-0.39, 0.29) is 12.1 Å². The third kappa shape index (κ3) is 6.97. The van der Waals surface area contributed by atoms with E-state index in [1.54, 1.807) is 42.5 Å². The number of anilines is 3. The number of ketones is 1. The number of rotatable bonds is 11. The number of ether oxygens (including phenoxy) is 3. The van der Waals surface area contributed by atoms with E-state index in [2.05, 4.69) is 10.2 Å². The molecule has 2 aliphatic heterocycles. The molecule has 11 nitrogen and oxygen atoms in total. The Bertz CT molecular complexity index is 1870. The highest BCUT2D eigenvalue weighted by atomic mass is 16.5. The van der Waals surface area contributed by atoms with Gasteiger partial charge in [-0.05, 0) is 72.1 Å². The molecule has 0 aliphatic carbocycles. The molecular weight excluding hydrogens is 624 g/mol. The van der Waals surface area contributed by atoms with E-state index in [1.807, 2.05) is 55.5 Å². The maximum Gasteiger partial charge on any atom is 0.299 e. The lowest BCUT2D eigenvalue weighted by Gasteiger charge is -2.33. The highest BCUT2D eigenvalue weighted by molar-refractivity contribution is 6.52. The lowest BCUT2D eigenvalue weighted by molar-refractivity contribution is -0.139. The van der Waals surface area contributed by atoms with Gasteiger partial charge in [-0.1, -0.05) is 42.5 Å². The smallest absolute Gasteiger partial charge is 0.299 e. The zero-order valence-corrected chi connectivity index (χ0v) is 27.7. The minimum atomic E-state index is -1.17. The number of aryl methyl sites for hydroxylation is 1. The fourth-order valence-electron chi connectivity index (χ4n) is 6.21. The molecule has 6 rings (SSSR count). The molecule has 4 aromatic rings. The number of hydrogen-bond donors (Lipinski definition) is 1. The standard InChI is InChI=1S/C38H38N4O7/c1-25-8-4-5-9-27(25)23-42(34(43)24-41-31-11-7-6-10-30(31)36(44)38(41)46)35(26-12-17-32(47-2)33(22-26)48-3)37(45)39-28-13-15-29(16-14-28)40-18-20-49-21-19-40/h4-17,22,35H,18-21,23-24H2,1-3H3,(H,39,45). The molecule has 4 aromatic carbocycles. The molecule has 2 aliphatic rings. The Morgan fingerprint density at radius 3 is 2.29 bits per heavy atom. The van der Waals surface area contributed by atoms with Gasteiger partial charge in [-0.2, -0.15) is 0 Å². The largest absolute Gasteiger partial charge is 0.493 e. The summed E-state index contributed by atoms with van der Waals surface area (Å²) < 4.78 is 16.5. The van der Waals surface area contributed by atoms with Crippen molar-refractivity contribution >= 4 is 40.6 Å². The summed E-state index contributed by atoms with van der Waals surface area (Å²) in [5.74, 6) is -1.64. The van der Waals surface area contributed by atoms with Gasteiger partial charge in [0, 0.05) is 31.0 Å². The van der Waals surface area contributed by atoms with E-state index < -0.39 is 36.1 Å². The van der Waals surface area contributed by atoms with Gasteiger partial charge >= 0.3 is 0 Å². The molecular formula is C38H38N4O7. The summed E-state index contributed by atoms with van der Waals surface area (Å²) in [5, 5.41) is 3.01. The summed E-state index contributed by atoms with van der Waals surface area (Å²) in [6.07, 6.45) is 0. The van der Waals surface area contributed by atoms with Crippen molar-refractivity contribution in [2.45, 2.75) is 19.5 Å². The zero-order chi connectivity index (χ0) is 34.5. The number of carbonyl (C=O) groups is 4. The predicted octanol–water partition coefficient (Wildman–Crippen LogP) is 4.79. The molecule has 0 bridgehead atoms. The molecule has 0 saturated carbocycles. The lowest BCUT2D eigenvalue weighted by atomic mass is 10.0. The molecule has 1 unspecified atom stereocenters. The van der Waals surface area contributed by atoms with Crippen LogP contribution in [0, 0.1) is 6.92 Å². The Morgan fingerprint density at radius 2 is 1.57 bits per heavy atom. The molecule has 11 heteroatoms. The fourth-order valence-corrected chi connectivity index (χ4v) is 6.21. The molecule has 252 valence electrons. The number of nitrogens with zero attached hydrogens (tertiary/aromatic N) is 3. The van der Waals surface area contributed by atoms with E-state index in [0.29, 0.717) is 41.7 Å². The van der Waals surface area contributed by atoms with Crippen LogP contribution in [0.3, 0.4) is 0 Å². The SMILES string of the molecule is COc1ccc(C(C(=O)Nc2ccc(N3CCOCC3)cc2)N(Cc2ccccc2C)C(=O)CN2C(=O)C(=O)c3ccccc32)cc1OC. The van der Waals surface area contributed by atoms with Crippen LogP contribution in [0.1, 0.15) is 33.1 Å². The first kappa shape index (κ1) is 33.2. The number of hydrogen-bond acceptors (Lipinski definition) is 8. The first-order chi connectivity index (χ1) is 23.8. The van der Waals surface area contributed by atoms with Crippen molar-refractivity contribution in [3.05, 3.63) is 113 Å². The average Bonchev–Trinajstić information content (AvgIpc) is 3.37. The van der Waals surface area contributed by atoms with Gasteiger partial charge in [-0.3, -0.25) is 24.1 Å². The maximum absolute atomic E-state index is 14.5. The van der Waals surface area contributed by atoms with Crippen LogP contribution in [-0.2, 0) is 25.7 Å². The van der Waals surface area contributed by atoms with Crippen LogP contribution in [-0.4, -0.2) is 75.5 Å². The normalized spacial score (nSPS) is 14.7. The van der Waals surface area contributed by atoms with Crippen molar-refractivity contribution in [1.29, 1.82) is 0 Å². The van der Waals surface area contributed by atoms with Gasteiger partial charge in [0.1, 0.15) is 12.6 Å². The van der Waals surface area contributed by atoms with Gasteiger partial charge in [-0.25, -0.2) is 0 Å². The summed E-state index contributed by atoms with van der Waals surface area (Å²) in [6.45, 7) is 4.39. The first-order valence-electron chi connectivity index (χ1n) is 16.0. The second-order valence-electron chi connectivity index (χ2n) is 11.8. The van der Waals surface area contributed by atoms with Crippen LogP contribution in [0.4, 0.5) is 17.1 Å². The molecule has 3 amide bonds. The summed E-state index contributed by atoms with van der Waals surface area (Å²) >= 11 is 0. The maximum atomic E-state index is 14.5. The van der Waals surface area contributed by atoms with E-state index in [1.165, 1.54) is 24.0 Å². The third-order valence-electron chi connectivity index (χ3n) is 8.89. The second-order valence-corrected chi connectivity index (χ2v) is 11.8. The van der Waals surface area contributed by atoms with Gasteiger partial charge in [0.2, 0.25) is 5.91 Å². The van der Waals surface area contributed by atoms with Crippen LogP contribution in [0.25, 0.3) is 0 Å². The molecule has 1 fully saturated rings. The van der Waals surface area contributed by atoms with Crippen LogP contribution >= 0.6 is 0 Å². The molecule has 1 N–H and O–H groups in total. The van der Waals surface area contributed by atoms with Crippen LogP contribution in [0.2, 0.25) is 0 Å². The van der Waals surface area contributed by atoms with Crippen molar-refractivity contribution < 1.29 is 33.4 Å². The van der Waals surface area contributed by atoms with E-state index in [0.717, 1.165) is 29.9 Å². The van der Waals surface area contributed by atoms with Crippen molar-refractivity contribution in [3.8, 4) is 11.5 Å². The summed E-state index contributed by atoms with van der Waals surface area (Å²) in [7, 11) is 3.01. The van der Waals surface area contributed by atoms with Crippen molar-refractivity contribution in [2.75, 3.05) is 62.2 Å². The Kier molecular flexibility index (Phi) is 9.91. The predicted molar refractivity (Wildman–Crippen MR) is 185 cm³/mol. The number of Topliss-reactive ketones (excluding diaryl/α,β-unsaturated/α-hetero) is 1. The molecule has 0 spiro atoms. The number of nitrogens with one attached hydrogen (secondary N) is 1. The number of para-hydroxylation sites is 1. The van der Waals surface area contributed by atoms with Crippen LogP contribution in [0.15, 0.2) is 91.0 Å². The van der Waals surface area contributed by atoms with Gasteiger partial charge in [0.05, 0.1) is 38.7 Å². The van der Waals surface area contributed by atoms with Gasteiger partial charge in [0.25, 0.3) is 17.6 Å². The summed E-state index contributed by atoms with van der Waals surface area (Å²) in [4.78, 5) is 59.8. The van der Waals surface area contributed by atoms with Crippen LogP contribution in [0.5, 0.6) is 11.5 Å². The topological polar surface area (TPSA) is 118 Å². The minimum Gasteiger partial charge on any atom is -0.493 e. The lowest BCUT2D eigenvalue weighted by Crippen LogP contribution is -2.46. The number of benzene rings is 4. The third-order valence-corrected chi connectivity index (χ3v) is 8.89. The van der Waals surface area contributed by atoms with E-state index in [9.17, 15) is 19.2 Å². The fraction of sp³-hybridized carbons (Fsp3) is 0.263. The van der Waals surface area contributed by atoms with Gasteiger partial charge in [0.15, 0.2) is 11.5 Å². The zero-order valence-electron chi connectivity index (χ0n) is 27.7. The molecule has 0 aromatic heterocycles.